The molecule has 2 atom stereocenters. The maximum Gasteiger partial charge on any atom is 0.198 e. The standard InChI is InChI=1S/C27H25F2N3O4/c1-15-10-18(36-23-5-3-2-4-20(23)28)11-21(29)24(15)26(34)19-12-31-27-25(19)22(8-9-30-27)32-16-6-7-17(13-33)35-14-16/h2-5,8-12,16-17,33H,6-7,13-14H2,1H3,(H2,30,31,32)/t16-,17+/m1/s1. The molecule has 2 aromatic carbocycles. The first kappa shape index (κ1) is 23.9. The Bertz CT molecular complexity index is 1390. The number of halogens is 2. The van der Waals surface area contributed by atoms with Crippen LogP contribution in [-0.4, -0.2) is 46.2 Å². The number of aromatic amines is 1. The summed E-state index contributed by atoms with van der Waals surface area (Å²) in [6.45, 7) is 2.01. The van der Waals surface area contributed by atoms with Gasteiger partial charge in [0.1, 0.15) is 17.2 Å². The van der Waals surface area contributed by atoms with Crippen LogP contribution in [0.1, 0.15) is 34.3 Å². The summed E-state index contributed by atoms with van der Waals surface area (Å²) in [5, 5.41) is 13.2. The van der Waals surface area contributed by atoms with Gasteiger partial charge < -0.3 is 24.9 Å². The molecule has 1 saturated heterocycles. The van der Waals surface area contributed by atoms with E-state index in [0.29, 0.717) is 35.3 Å². The molecule has 0 unspecified atom stereocenters. The highest BCUT2D eigenvalue weighted by Gasteiger charge is 2.25. The number of ketones is 1. The van der Waals surface area contributed by atoms with Crippen molar-refractivity contribution in [3.63, 3.8) is 0 Å². The molecule has 0 spiro atoms. The van der Waals surface area contributed by atoms with Crippen molar-refractivity contribution in [2.45, 2.75) is 31.9 Å². The zero-order valence-electron chi connectivity index (χ0n) is 19.6. The number of fused-ring (bicyclic) bond motifs is 1. The smallest absolute Gasteiger partial charge is 0.198 e. The lowest BCUT2D eigenvalue weighted by Gasteiger charge is -2.29. The van der Waals surface area contributed by atoms with Gasteiger partial charge >= 0.3 is 0 Å². The predicted molar refractivity (Wildman–Crippen MR) is 131 cm³/mol. The Hall–Kier alpha value is -3.82. The second-order valence-corrected chi connectivity index (χ2v) is 8.80. The van der Waals surface area contributed by atoms with Gasteiger partial charge in [0, 0.05) is 30.2 Å². The number of rotatable bonds is 7. The van der Waals surface area contributed by atoms with Gasteiger partial charge in [-0.05, 0) is 49.6 Å². The average molecular weight is 494 g/mol. The third-order valence-electron chi connectivity index (χ3n) is 6.30. The Labute approximate surface area is 206 Å². The van der Waals surface area contributed by atoms with Crippen LogP contribution in [0.4, 0.5) is 14.5 Å². The zero-order valence-corrected chi connectivity index (χ0v) is 19.6. The molecular weight excluding hydrogens is 468 g/mol. The maximum absolute atomic E-state index is 15.2. The second kappa shape index (κ2) is 10.0. The number of aliphatic hydroxyl groups is 1. The van der Waals surface area contributed by atoms with Crippen LogP contribution in [0.3, 0.4) is 0 Å². The van der Waals surface area contributed by atoms with Gasteiger partial charge in [-0.1, -0.05) is 12.1 Å². The second-order valence-electron chi connectivity index (χ2n) is 8.80. The number of aliphatic hydroxyl groups excluding tert-OH is 1. The number of para-hydroxylation sites is 1. The van der Waals surface area contributed by atoms with E-state index in [4.69, 9.17) is 9.47 Å². The minimum atomic E-state index is -0.769. The number of nitrogens with one attached hydrogen (secondary N) is 2. The fourth-order valence-electron chi connectivity index (χ4n) is 4.49. The Morgan fingerprint density at radius 2 is 2.06 bits per heavy atom. The van der Waals surface area contributed by atoms with Crippen LogP contribution in [0.2, 0.25) is 0 Å². The lowest BCUT2D eigenvalue weighted by molar-refractivity contribution is -0.0223. The molecule has 5 rings (SSSR count). The van der Waals surface area contributed by atoms with Crippen LogP contribution in [0.25, 0.3) is 11.0 Å². The summed E-state index contributed by atoms with van der Waals surface area (Å²) in [6.07, 6.45) is 4.48. The van der Waals surface area contributed by atoms with E-state index in [1.165, 1.54) is 30.5 Å². The van der Waals surface area contributed by atoms with Gasteiger partial charge in [-0.2, -0.15) is 0 Å². The topological polar surface area (TPSA) is 96.5 Å². The number of aromatic nitrogens is 2. The van der Waals surface area contributed by atoms with E-state index >= 15 is 4.39 Å². The Morgan fingerprint density at radius 1 is 1.22 bits per heavy atom. The summed E-state index contributed by atoms with van der Waals surface area (Å²) in [6, 6.07) is 10.2. The van der Waals surface area contributed by atoms with Crippen molar-refractivity contribution in [3.8, 4) is 11.5 Å². The number of carbonyl (C=O) groups excluding carboxylic acids is 1. The number of H-pyrrole nitrogens is 1. The number of pyridine rings is 1. The summed E-state index contributed by atoms with van der Waals surface area (Å²) < 4.78 is 40.3. The van der Waals surface area contributed by atoms with Gasteiger partial charge in [-0.25, -0.2) is 13.8 Å². The number of nitrogens with zero attached hydrogens (tertiary/aromatic N) is 1. The van der Waals surface area contributed by atoms with E-state index < -0.39 is 17.4 Å². The van der Waals surface area contributed by atoms with E-state index in [1.54, 1.807) is 25.3 Å². The van der Waals surface area contributed by atoms with Gasteiger partial charge in [0.05, 0.1) is 35.8 Å². The molecule has 3 N–H and O–H groups in total. The average Bonchev–Trinajstić information content (AvgIpc) is 3.31. The van der Waals surface area contributed by atoms with Crippen molar-refractivity contribution >= 4 is 22.5 Å². The quantitative estimate of drug-likeness (QED) is 0.309. The van der Waals surface area contributed by atoms with Crippen LogP contribution in [-0.2, 0) is 4.74 Å². The normalized spacial score (nSPS) is 17.8. The molecule has 7 nitrogen and oxygen atoms in total. The van der Waals surface area contributed by atoms with Gasteiger partial charge in [-0.3, -0.25) is 4.79 Å². The van der Waals surface area contributed by atoms with Gasteiger partial charge in [0.25, 0.3) is 0 Å². The molecule has 186 valence electrons. The number of hydrogen-bond acceptors (Lipinski definition) is 6. The molecule has 1 aliphatic heterocycles. The highest BCUT2D eigenvalue weighted by molar-refractivity contribution is 6.19. The van der Waals surface area contributed by atoms with Crippen LogP contribution in [0, 0.1) is 18.6 Å². The minimum absolute atomic E-state index is 0.00969. The molecule has 4 aromatic rings. The number of aryl methyl sites for hydroxylation is 1. The fraction of sp³-hybridized carbons (Fsp3) is 0.259. The first-order chi connectivity index (χ1) is 17.4. The third kappa shape index (κ3) is 4.67. The summed E-state index contributed by atoms with van der Waals surface area (Å²) in [5.41, 5.74) is 1.70. The molecule has 1 fully saturated rings. The van der Waals surface area contributed by atoms with Gasteiger partial charge in [0.2, 0.25) is 0 Å². The molecule has 9 heteroatoms. The van der Waals surface area contributed by atoms with Crippen LogP contribution < -0.4 is 10.1 Å². The van der Waals surface area contributed by atoms with Crippen molar-refractivity contribution in [2.24, 2.45) is 0 Å². The minimum Gasteiger partial charge on any atom is -0.454 e. The number of ether oxygens (including phenoxy) is 2. The largest absolute Gasteiger partial charge is 0.454 e. The number of anilines is 1. The van der Waals surface area contributed by atoms with Crippen molar-refractivity contribution in [3.05, 3.63) is 83.2 Å². The summed E-state index contributed by atoms with van der Waals surface area (Å²) in [4.78, 5) is 20.9. The molecule has 0 saturated carbocycles. The van der Waals surface area contributed by atoms with E-state index in [9.17, 15) is 14.3 Å². The summed E-state index contributed by atoms with van der Waals surface area (Å²) in [5.74, 6) is -1.80. The molecule has 0 bridgehead atoms. The fourth-order valence-corrected chi connectivity index (χ4v) is 4.49. The van der Waals surface area contributed by atoms with Crippen LogP contribution in [0.15, 0.2) is 54.9 Å². The van der Waals surface area contributed by atoms with E-state index in [1.807, 2.05) is 0 Å². The van der Waals surface area contributed by atoms with E-state index in [0.717, 1.165) is 12.5 Å². The van der Waals surface area contributed by atoms with Crippen molar-refractivity contribution < 1.29 is 28.2 Å². The molecule has 1 aliphatic rings. The molecule has 0 amide bonds. The zero-order chi connectivity index (χ0) is 25.2. The van der Waals surface area contributed by atoms with Crippen molar-refractivity contribution in [1.82, 2.24) is 9.97 Å². The molecule has 0 aliphatic carbocycles. The Morgan fingerprint density at radius 3 is 2.78 bits per heavy atom. The third-order valence-corrected chi connectivity index (χ3v) is 6.30. The Balaban J connectivity index is 1.44. The van der Waals surface area contributed by atoms with E-state index in [2.05, 4.69) is 15.3 Å². The lowest BCUT2D eigenvalue weighted by atomic mass is 9.97. The predicted octanol–water partition coefficient (Wildman–Crippen LogP) is 5.12. The molecule has 36 heavy (non-hydrogen) atoms. The van der Waals surface area contributed by atoms with Crippen LogP contribution >= 0.6 is 0 Å². The highest BCUT2D eigenvalue weighted by atomic mass is 19.1. The monoisotopic (exact) mass is 493 g/mol. The molecule has 2 aromatic heterocycles. The summed E-state index contributed by atoms with van der Waals surface area (Å²) >= 11 is 0. The maximum atomic E-state index is 15.2. The molecule has 3 heterocycles. The van der Waals surface area contributed by atoms with Crippen molar-refractivity contribution in [2.75, 3.05) is 18.5 Å². The number of benzene rings is 2. The first-order valence-corrected chi connectivity index (χ1v) is 11.7. The van der Waals surface area contributed by atoms with E-state index in [-0.39, 0.29) is 41.4 Å². The summed E-state index contributed by atoms with van der Waals surface area (Å²) in [7, 11) is 0. The lowest BCUT2D eigenvalue weighted by Crippen LogP contribution is -2.36. The highest BCUT2D eigenvalue weighted by Crippen LogP contribution is 2.32. The number of carbonyl (C=O) groups is 1. The number of hydrogen-bond donors (Lipinski definition) is 3. The van der Waals surface area contributed by atoms with Crippen molar-refractivity contribution in [1.29, 1.82) is 0 Å². The molecule has 0 radical (unpaired) electrons. The van der Waals surface area contributed by atoms with Gasteiger partial charge in [0.15, 0.2) is 17.3 Å². The molecular formula is C27H25F2N3O4. The first-order valence-electron chi connectivity index (χ1n) is 11.7. The van der Waals surface area contributed by atoms with Gasteiger partial charge in [-0.15, -0.1) is 0 Å². The van der Waals surface area contributed by atoms with Crippen LogP contribution in [0.5, 0.6) is 11.5 Å². The SMILES string of the molecule is Cc1cc(Oc2ccccc2F)cc(F)c1C(=O)c1c[nH]c2nccc(N[C@@H]3CC[C@@H](CO)OC3)c12. The Kier molecular flexibility index (Phi) is 6.67.